The summed E-state index contributed by atoms with van der Waals surface area (Å²) in [6, 6.07) is -0.874. The number of nitrogens with one attached hydrogen (secondary N) is 1. The van der Waals surface area contributed by atoms with Gasteiger partial charge in [0.15, 0.2) is 0 Å². The highest BCUT2D eigenvalue weighted by molar-refractivity contribution is 7.99. The van der Waals surface area contributed by atoms with Gasteiger partial charge in [-0.2, -0.15) is 0 Å². The average Bonchev–Trinajstić information content (AvgIpc) is 2.77. The smallest absolute Gasteiger partial charge is 0.327 e. The van der Waals surface area contributed by atoms with Crippen LogP contribution in [0.1, 0.15) is 33.6 Å². The van der Waals surface area contributed by atoms with E-state index >= 15 is 0 Å². The predicted octanol–water partition coefficient (Wildman–Crippen LogP) is 1.98. The predicted molar refractivity (Wildman–Crippen MR) is 72.7 cm³/mol. The molecule has 0 spiro atoms. The lowest BCUT2D eigenvalue weighted by atomic mass is 10.0. The second kappa shape index (κ2) is 6.87. The third-order valence-corrected chi connectivity index (χ3v) is 4.26. The molecule has 0 aromatic rings. The number of carboxylic acids is 1. The van der Waals surface area contributed by atoms with Crippen molar-refractivity contribution >= 4 is 23.8 Å². The molecule has 0 saturated carbocycles. The van der Waals surface area contributed by atoms with Gasteiger partial charge in [-0.25, -0.2) is 9.59 Å². The number of urea groups is 1. The summed E-state index contributed by atoms with van der Waals surface area (Å²) in [6.07, 6.45) is 2.00. The number of carbonyl (C=O) groups excluding carboxylic acids is 1. The molecule has 18 heavy (non-hydrogen) atoms. The second-order valence-electron chi connectivity index (χ2n) is 4.92. The first-order chi connectivity index (χ1) is 8.45. The summed E-state index contributed by atoms with van der Waals surface area (Å²) in [4.78, 5) is 24.4. The summed E-state index contributed by atoms with van der Waals surface area (Å²) in [5.74, 6) is 0.565. The number of carboxylic acid groups (broad SMARTS) is 1. The van der Waals surface area contributed by atoms with E-state index in [1.807, 2.05) is 6.92 Å². The minimum atomic E-state index is -0.926. The topological polar surface area (TPSA) is 69.6 Å². The van der Waals surface area contributed by atoms with E-state index in [9.17, 15) is 9.59 Å². The maximum atomic E-state index is 12.0. The number of rotatable bonds is 5. The Morgan fingerprint density at radius 2 is 2.17 bits per heavy atom. The highest BCUT2D eigenvalue weighted by atomic mass is 32.2. The van der Waals surface area contributed by atoms with E-state index in [2.05, 4.69) is 19.2 Å². The highest BCUT2D eigenvalue weighted by Crippen LogP contribution is 2.21. The molecule has 1 saturated heterocycles. The molecule has 0 aliphatic carbocycles. The Labute approximate surface area is 112 Å². The number of hydrogen-bond acceptors (Lipinski definition) is 3. The molecule has 2 N–H and O–H groups in total. The van der Waals surface area contributed by atoms with Crippen molar-refractivity contribution in [2.24, 2.45) is 5.92 Å². The standard InChI is InChI=1S/C12H22N2O3S/c1-4-8(2)5-9(3)13-12(17)14-7-18-6-10(14)11(15)16/h8-10H,4-7H2,1-3H3,(H,13,17)(H,15,16). The van der Waals surface area contributed by atoms with Crippen molar-refractivity contribution in [1.29, 1.82) is 0 Å². The fourth-order valence-electron chi connectivity index (χ4n) is 1.97. The zero-order valence-corrected chi connectivity index (χ0v) is 12.0. The van der Waals surface area contributed by atoms with E-state index < -0.39 is 12.0 Å². The zero-order valence-electron chi connectivity index (χ0n) is 11.2. The molecule has 0 aromatic carbocycles. The van der Waals surface area contributed by atoms with Crippen LogP contribution in [-0.2, 0) is 4.79 Å². The minimum absolute atomic E-state index is 0.0764. The quantitative estimate of drug-likeness (QED) is 0.804. The number of aliphatic carboxylic acids is 1. The van der Waals surface area contributed by atoms with Crippen LogP contribution in [0, 0.1) is 5.92 Å². The van der Waals surface area contributed by atoms with Crippen LogP contribution in [0.25, 0.3) is 0 Å². The summed E-state index contributed by atoms with van der Waals surface area (Å²) < 4.78 is 0. The molecular weight excluding hydrogens is 252 g/mol. The average molecular weight is 274 g/mol. The first-order valence-corrected chi connectivity index (χ1v) is 7.48. The molecule has 1 heterocycles. The Balaban J connectivity index is 2.47. The lowest BCUT2D eigenvalue weighted by Gasteiger charge is -2.24. The van der Waals surface area contributed by atoms with Gasteiger partial charge in [0.1, 0.15) is 6.04 Å². The van der Waals surface area contributed by atoms with E-state index in [1.54, 1.807) is 0 Å². The summed E-state index contributed by atoms with van der Waals surface area (Å²) in [5.41, 5.74) is 0. The lowest BCUT2D eigenvalue weighted by Crippen LogP contribution is -2.49. The first-order valence-electron chi connectivity index (χ1n) is 6.33. The number of nitrogens with zero attached hydrogens (tertiary/aromatic N) is 1. The highest BCUT2D eigenvalue weighted by Gasteiger charge is 2.34. The molecule has 1 aliphatic rings. The van der Waals surface area contributed by atoms with Crippen LogP contribution in [0.15, 0.2) is 0 Å². The molecule has 3 atom stereocenters. The number of carbonyl (C=O) groups is 2. The Bertz CT molecular complexity index is 312. The van der Waals surface area contributed by atoms with Crippen LogP contribution in [0.4, 0.5) is 4.79 Å². The van der Waals surface area contributed by atoms with Gasteiger partial charge in [0.05, 0.1) is 5.88 Å². The Morgan fingerprint density at radius 1 is 1.50 bits per heavy atom. The zero-order chi connectivity index (χ0) is 13.7. The van der Waals surface area contributed by atoms with Gasteiger partial charge in [0, 0.05) is 11.8 Å². The van der Waals surface area contributed by atoms with Crippen LogP contribution in [0.3, 0.4) is 0 Å². The maximum absolute atomic E-state index is 12.0. The van der Waals surface area contributed by atoms with Crippen molar-refractivity contribution in [2.45, 2.75) is 45.7 Å². The third-order valence-electron chi connectivity index (χ3n) is 3.25. The van der Waals surface area contributed by atoms with Gasteiger partial charge in [-0.05, 0) is 19.3 Å². The molecule has 104 valence electrons. The van der Waals surface area contributed by atoms with E-state index in [4.69, 9.17) is 5.11 Å². The van der Waals surface area contributed by atoms with Crippen molar-refractivity contribution in [2.75, 3.05) is 11.6 Å². The molecule has 1 rings (SSSR count). The van der Waals surface area contributed by atoms with Crippen molar-refractivity contribution in [1.82, 2.24) is 10.2 Å². The molecule has 5 nitrogen and oxygen atoms in total. The molecular formula is C12H22N2O3S. The van der Waals surface area contributed by atoms with Gasteiger partial charge in [0.2, 0.25) is 0 Å². The molecule has 2 amide bonds. The Kier molecular flexibility index (Phi) is 5.78. The largest absolute Gasteiger partial charge is 0.480 e. The molecule has 0 aromatic heterocycles. The summed E-state index contributed by atoms with van der Waals surface area (Å²) in [6.45, 7) is 6.23. The summed E-state index contributed by atoms with van der Waals surface area (Å²) >= 11 is 1.48. The molecule has 0 bridgehead atoms. The summed E-state index contributed by atoms with van der Waals surface area (Å²) in [7, 11) is 0. The van der Waals surface area contributed by atoms with Gasteiger partial charge in [0.25, 0.3) is 0 Å². The first kappa shape index (κ1) is 15.1. The second-order valence-corrected chi connectivity index (χ2v) is 5.92. The molecule has 6 heteroatoms. The molecule has 3 unspecified atom stereocenters. The normalized spacial score (nSPS) is 22.6. The van der Waals surface area contributed by atoms with E-state index in [-0.39, 0.29) is 12.1 Å². The van der Waals surface area contributed by atoms with Crippen LogP contribution in [0.2, 0.25) is 0 Å². The fraction of sp³-hybridized carbons (Fsp3) is 0.833. The maximum Gasteiger partial charge on any atom is 0.327 e. The van der Waals surface area contributed by atoms with Crippen molar-refractivity contribution < 1.29 is 14.7 Å². The van der Waals surface area contributed by atoms with Gasteiger partial charge in [-0.3, -0.25) is 0 Å². The van der Waals surface area contributed by atoms with Crippen LogP contribution >= 0.6 is 11.8 Å². The Morgan fingerprint density at radius 3 is 2.72 bits per heavy atom. The summed E-state index contributed by atoms with van der Waals surface area (Å²) in [5, 5.41) is 11.9. The number of amides is 2. The number of hydrogen-bond donors (Lipinski definition) is 2. The Hall–Kier alpha value is -0.910. The SMILES string of the molecule is CCC(C)CC(C)NC(=O)N1CSCC1C(=O)O. The monoisotopic (exact) mass is 274 g/mol. The van der Waals surface area contributed by atoms with E-state index in [0.717, 1.165) is 12.8 Å². The molecule has 1 aliphatic heterocycles. The van der Waals surface area contributed by atoms with Crippen molar-refractivity contribution in [3.05, 3.63) is 0 Å². The van der Waals surface area contributed by atoms with Crippen LogP contribution in [-0.4, -0.2) is 45.7 Å². The van der Waals surface area contributed by atoms with Crippen molar-refractivity contribution in [3.8, 4) is 0 Å². The number of thioether (sulfide) groups is 1. The van der Waals surface area contributed by atoms with Gasteiger partial charge >= 0.3 is 12.0 Å². The molecule has 0 radical (unpaired) electrons. The van der Waals surface area contributed by atoms with E-state index in [1.165, 1.54) is 16.7 Å². The minimum Gasteiger partial charge on any atom is -0.480 e. The lowest BCUT2D eigenvalue weighted by molar-refractivity contribution is -0.140. The van der Waals surface area contributed by atoms with Gasteiger partial charge in [-0.15, -0.1) is 11.8 Å². The van der Waals surface area contributed by atoms with Crippen LogP contribution < -0.4 is 5.32 Å². The molecule has 1 fully saturated rings. The van der Waals surface area contributed by atoms with Gasteiger partial charge in [-0.1, -0.05) is 20.3 Å². The van der Waals surface area contributed by atoms with Gasteiger partial charge < -0.3 is 15.3 Å². The van der Waals surface area contributed by atoms with Crippen LogP contribution in [0.5, 0.6) is 0 Å². The van der Waals surface area contributed by atoms with Crippen molar-refractivity contribution in [3.63, 3.8) is 0 Å². The fourth-order valence-corrected chi connectivity index (χ4v) is 3.12. The third kappa shape index (κ3) is 4.08. The van der Waals surface area contributed by atoms with E-state index in [0.29, 0.717) is 17.5 Å².